The summed E-state index contributed by atoms with van der Waals surface area (Å²) in [5.74, 6) is -4.25. The molecule has 0 unspecified atom stereocenters. The Bertz CT molecular complexity index is 729. The van der Waals surface area contributed by atoms with E-state index in [1.165, 1.54) is 6.08 Å². The van der Waals surface area contributed by atoms with Crippen LogP contribution >= 0.6 is 0 Å². The van der Waals surface area contributed by atoms with Crippen molar-refractivity contribution in [2.24, 2.45) is 17.3 Å². The van der Waals surface area contributed by atoms with Crippen molar-refractivity contribution < 1.29 is 32.2 Å². The SMILES string of the molecule is C=CC[C@H](C(=O)OC(C)(C)C)C1(C(=O)OCc2ccccc2)CC(C(F)(F)F)C1. The van der Waals surface area contributed by atoms with E-state index < -0.39 is 53.8 Å². The number of alkyl halides is 3. The van der Waals surface area contributed by atoms with Crippen LogP contribution in [-0.4, -0.2) is 23.7 Å². The molecule has 0 aliphatic heterocycles. The van der Waals surface area contributed by atoms with Gasteiger partial charge in [0.15, 0.2) is 0 Å². The minimum Gasteiger partial charge on any atom is -0.460 e. The van der Waals surface area contributed by atoms with Crippen molar-refractivity contribution in [1.29, 1.82) is 0 Å². The second kappa shape index (κ2) is 8.59. The summed E-state index contributed by atoms with van der Waals surface area (Å²) in [5.41, 5.74) is -1.70. The maximum Gasteiger partial charge on any atom is 0.391 e. The van der Waals surface area contributed by atoms with Gasteiger partial charge in [0.1, 0.15) is 12.2 Å². The maximum atomic E-state index is 13.2. The molecule has 1 aromatic carbocycles. The predicted octanol–water partition coefficient (Wildman–Crippen LogP) is 5.22. The molecule has 1 atom stereocenters. The molecule has 0 amide bonds. The number of benzene rings is 1. The highest BCUT2D eigenvalue weighted by molar-refractivity contribution is 5.86. The normalized spacial score (nSPS) is 22.9. The van der Waals surface area contributed by atoms with Crippen molar-refractivity contribution in [3.05, 3.63) is 48.6 Å². The second-order valence-corrected chi connectivity index (χ2v) is 8.48. The van der Waals surface area contributed by atoms with Crippen LogP contribution in [-0.2, 0) is 25.7 Å². The fraction of sp³-hybridized carbons (Fsp3) is 0.545. The van der Waals surface area contributed by atoms with Crippen LogP contribution in [0.25, 0.3) is 0 Å². The van der Waals surface area contributed by atoms with Crippen LogP contribution < -0.4 is 0 Å². The smallest absolute Gasteiger partial charge is 0.391 e. The van der Waals surface area contributed by atoms with Crippen molar-refractivity contribution in [2.45, 2.75) is 58.4 Å². The average molecular weight is 412 g/mol. The highest BCUT2D eigenvalue weighted by Gasteiger charge is 2.64. The van der Waals surface area contributed by atoms with E-state index in [2.05, 4.69) is 6.58 Å². The molecule has 0 aromatic heterocycles. The van der Waals surface area contributed by atoms with E-state index in [0.717, 1.165) is 0 Å². The molecule has 160 valence electrons. The largest absolute Gasteiger partial charge is 0.460 e. The third kappa shape index (κ3) is 5.61. The standard InChI is InChI=1S/C22H27F3O4/c1-5-9-17(18(26)29-20(2,3)4)21(12-16(13-21)22(23,24)25)19(27)28-14-15-10-7-6-8-11-15/h5-8,10-11,16-17H,1,9,12-14H2,2-4H3/t16?,17-,21?/m1/s1. The van der Waals surface area contributed by atoms with E-state index in [1.807, 2.05) is 0 Å². The third-order valence-electron chi connectivity index (χ3n) is 5.06. The van der Waals surface area contributed by atoms with Crippen LogP contribution in [0.1, 0.15) is 45.6 Å². The summed E-state index contributed by atoms with van der Waals surface area (Å²) in [5, 5.41) is 0. The Balaban J connectivity index is 2.27. The van der Waals surface area contributed by atoms with Gasteiger partial charge < -0.3 is 9.47 Å². The Hall–Kier alpha value is -2.31. The molecule has 1 aromatic rings. The van der Waals surface area contributed by atoms with Gasteiger partial charge in [0.05, 0.1) is 17.3 Å². The highest BCUT2D eigenvalue weighted by atomic mass is 19.4. The lowest BCUT2D eigenvalue weighted by atomic mass is 9.54. The summed E-state index contributed by atoms with van der Waals surface area (Å²) in [6.07, 6.45) is -3.98. The summed E-state index contributed by atoms with van der Waals surface area (Å²) in [6, 6.07) is 8.82. The van der Waals surface area contributed by atoms with E-state index >= 15 is 0 Å². The number of halogens is 3. The van der Waals surface area contributed by atoms with Gasteiger partial charge in [-0.05, 0) is 45.6 Å². The summed E-state index contributed by atoms with van der Waals surface area (Å²) in [4.78, 5) is 25.7. The Morgan fingerprint density at radius 1 is 1.21 bits per heavy atom. The molecular weight excluding hydrogens is 385 g/mol. The van der Waals surface area contributed by atoms with Gasteiger partial charge in [-0.2, -0.15) is 13.2 Å². The number of allylic oxidation sites excluding steroid dienone is 1. The maximum absolute atomic E-state index is 13.2. The Morgan fingerprint density at radius 2 is 1.79 bits per heavy atom. The lowest BCUT2D eigenvalue weighted by Crippen LogP contribution is -2.56. The number of esters is 2. The minimum atomic E-state index is -4.43. The minimum absolute atomic E-state index is 0.0277. The van der Waals surface area contributed by atoms with Crippen LogP contribution in [0.5, 0.6) is 0 Å². The topological polar surface area (TPSA) is 52.6 Å². The Kier molecular flexibility index (Phi) is 6.81. The van der Waals surface area contributed by atoms with Gasteiger partial charge in [0.2, 0.25) is 0 Å². The monoisotopic (exact) mass is 412 g/mol. The van der Waals surface area contributed by atoms with Gasteiger partial charge in [-0.1, -0.05) is 36.4 Å². The number of carbonyl (C=O) groups excluding carboxylic acids is 2. The highest BCUT2D eigenvalue weighted by Crippen LogP contribution is 2.58. The zero-order valence-corrected chi connectivity index (χ0v) is 16.9. The van der Waals surface area contributed by atoms with Crippen LogP contribution in [0.2, 0.25) is 0 Å². The first-order valence-corrected chi connectivity index (χ1v) is 9.50. The molecule has 1 fully saturated rings. The van der Waals surface area contributed by atoms with Crippen molar-refractivity contribution in [2.75, 3.05) is 0 Å². The van der Waals surface area contributed by atoms with E-state index in [0.29, 0.717) is 5.56 Å². The second-order valence-electron chi connectivity index (χ2n) is 8.48. The van der Waals surface area contributed by atoms with Crippen molar-refractivity contribution in [3.8, 4) is 0 Å². The zero-order chi connectivity index (χ0) is 21.9. The molecule has 1 aliphatic rings. The first-order chi connectivity index (χ1) is 13.4. The Morgan fingerprint density at radius 3 is 2.28 bits per heavy atom. The van der Waals surface area contributed by atoms with Crippen LogP contribution in [0.15, 0.2) is 43.0 Å². The molecule has 0 radical (unpaired) electrons. The van der Waals surface area contributed by atoms with Gasteiger partial charge >= 0.3 is 18.1 Å². The third-order valence-corrected chi connectivity index (χ3v) is 5.06. The fourth-order valence-electron chi connectivity index (χ4n) is 3.60. The number of ether oxygens (including phenoxy) is 2. The lowest BCUT2D eigenvalue weighted by Gasteiger charge is -2.49. The van der Waals surface area contributed by atoms with Crippen molar-refractivity contribution in [1.82, 2.24) is 0 Å². The summed E-state index contributed by atoms with van der Waals surface area (Å²) < 4.78 is 50.3. The van der Waals surface area contributed by atoms with E-state index in [-0.39, 0.29) is 13.0 Å². The average Bonchev–Trinajstić information content (AvgIpc) is 2.56. The van der Waals surface area contributed by atoms with E-state index in [4.69, 9.17) is 9.47 Å². The molecule has 0 heterocycles. The predicted molar refractivity (Wildman–Crippen MR) is 102 cm³/mol. The molecular formula is C22H27F3O4. The molecule has 7 heteroatoms. The lowest BCUT2D eigenvalue weighted by molar-refractivity contribution is -0.238. The van der Waals surface area contributed by atoms with Crippen LogP contribution in [0, 0.1) is 17.3 Å². The van der Waals surface area contributed by atoms with E-state index in [1.54, 1.807) is 51.1 Å². The molecule has 1 aliphatic carbocycles. The molecule has 0 N–H and O–H groups in total. The van der Waals surface area contributed by atoms with Gasteiger partial charge in [0, 0.05) is 0 Å². The molecule has 0 spiro atoms. The first-order valence-electron chi connectivity index (χ1n) is 9.50. The van der Waals surface area contributed by atoms with Gasteiger partial charge in [-0.3, -0.25) is 9.59 Å². The Labute approximate surface area is 169 Å². The molecule has 2 rings (SSSR count). The van der Waals surface area contributed by atoms with Gasteiger partial charge in [0.25, 0.3) is 0 Å². The van der Waals surface area contributed by atoms with Gasteiger partial charge in [-0.15, -0.1) is 6.58 Å². The number of rotatable bonds is 7. The first kappa shape index (κ1) is 23.0. The molecule has 29 heavy (non-hydrogen) atoms. The number of carbonyl (C=O) groups is 2. The molecule has 4 nitrogen and oxygen atoms in total. The summed E-state index contributed by atoms with van der Waals surface area (Å²) >= 11 is 0. The quantitative estimate of drug-likeness (QED) is 0.455. The number of hydrogen-bond acceptors (Lipinski definition) is 4. The van der Waals surface area contributed by atoms with Crippen molar-refractivity contribution in [3.63, 3.8) is 0 Å². The summed E-state index contributed by atoms with van der Waals surface area (Å²) in [6.45, 7) is 8.50. The van der Waals surface area contributed by atoms with Crippen LogP contribution in [0.4, 0.5) is 13.2 Å². The zero-order valence-electron chi connectivity index (χ0n) is 16.9. The van der Waals surface area contributed by atoms with E-state index in [9.17, 15) is 22.8 Å². The number of hydrogen-bond donors (Lipinski definition) is 0. The molecule has 1 saturated carbocycles. The molecule has 0 bridgehead atoms. The molecule has 0 saturated heterocycles. The van der Waals surface area contributed by atoms with Gasteiger partial charge in [-0.25, -0.2) is 0 Å². The van der Waals surface area contributed by atoms with Crippen LogP contribution in [0.3, 0.4) is 0 Å². The fourth-order valence-corrected chi connectivity index (χ4v) is 3.60. The van der Waals surface area contributed by atoms with Crippen molar-refractivity contribution >= 4 is 11.9 Å². The summed E-state index contributed by atoms with van der Waals surface area (Å²) in [7, 11) is 0.